The van der Waals surface area contributed by atoms with Crippen LogP contribution in [0.2, 0.25) is 0 Å². The first-order valence-corrected chi connectivity index (χ1v) is 8.91. The van der Waals surface area contributed by atoms with Gasteiger partial charge in [-0.15, -0.1) is 11.8 Å². The Kier molecular flexibility index (Phi) is 4.80. The molecule has 128 valence electrons. The quantitative estimate of drug-likeness (QED) is 0.812. The number of nitrogens with one attached hydrogen (secondary N) is 1. The van der Waals surface area contributed by atoms with E-state index in [0.29, 0.717) is 18.7 Å². The van der Waals surface area contributed by atoms with E-state index in [9.17, 15) is 14.4 Å². The van der Waals surface area contributed by atoms with Crippen molar-refractivity contribution in [1.29, 1.82) is 0 Å². The number of carbonyl (C=O) groups excluding carboxylic acids is 3. The lowest BCUT2D eigenvalue weighted by Crippen LogP contribution is -2.47. The van der Waals surface area contributed by atoms with Gasteiger partial charge in [0.1, 0.15) is 6.04 Å². The summed E-state index contributed by atoms with van der Waals surface area (Å²) in [6.07, 6.45) is 1.21. The molecule has 1 N–H and O–H groups in total. The Labute approximate surface area is 144 Å². The number of hydrogen-bond acceptors (Lipinski definition) is 5. The zero-order valence-electron chi connectivity index (χ0n) is 13.5. The van der Waals surface area contributed by atoms with E-state index in [1.807, 2.05) is 37.3 Å². The molecule has 2 heterocycles. The fraction of sp³-hybridized carbons (Fsp3) is 0.471. The zero-order valence-corrected chi connectivity index (χ0v) is 14.3. The van der Waals surface area contributed by atoms with Crippen molar-refractivity contribution in [1.82, 2.24) is 10.2 Å². The second kappa shape index (κ2) is 6.84. The molecule has 0 saturated carbocycles. The van der Waals surface area contributed by atoms with Gasteiger partial charge in [0.2, 0.25) is 5.91 Å². The molecule has 2 saturated heterocycles. The minimum absolute atomic E-state index is 0.0158. The molecule has 7 heteroatoms. The summed E-state index contributed by atoms with van der Waals surface area (Å²) in [4.78, 5) is 37.4. The molecule has 2 aliphatic rings. The Morgan fingerprint density at radius 3 is 2.88 bits per heavy atom. The van der Waals surface area contributed by atoms with Crippen LogP contribution in [0.3, 0.4) is 0 Å². The number of thioether (sulfide) groups is 1. The van der Waals surface area contributed by atoms with Gasteiger partial charge in [-0.1, -0.05) is 30.3 Å². The average molecular weight is 348 g/mol. The van der Waals surface area contributed by atoms with Gasteiger partial charge < -0.3 is 15.0 Å². The van der Waals surface area contributed by atoms with Crippen LogP contribution in [0.1, 0.15) is 25.3 Å². The lowest BCUT2D eigenvalue weighted by atomic mass is 10.2. The van der Waals surface area contributed by atoms with Gasteiger partial charge in [0.15, 0.2) is 6.61 Å². The molecule has 1 aromatic carbocycles. The van der Waals surface area contributed by atoms with Gasteiger partial charge in [0, 0.05) is 18.7 Å². The van der Waals surface area contributed by atoms with Crippen LogP contribution in [-0.4, -0.2) is 46.0 Å². The highest BCUT2D eigenvalue weighted by Gasteiger charge is 2.53. The van der Waals surface area contributed by atoms with Crippen LogP contribution in [0.4, 0.5) is 0 Å². The highest BCUT2D eigenvalue weighted by molar-refractivity contribution is 8.01. The maximum atomic E-state index is 12.2. The Morgan fingerprint density at radius 1 is 1.38 bits per heavy atom. The summed E-state index contributed by atoms with van der Waals surface area (Å²) in [7, 11) is 0. The predicted octanol–water partition coefficient (Wildman–Crippen LogP) is 1.30. The lowest BCUT2D eigenvalue weighted by Gasteiger charge is -2.29. The standard InChI is InChI=1S/C17H20N2O4S/c1-17-8-7-15(21)19(17)13(11-24-17)16(22)23-10-14(20)18-9-12-5-3-2-4-6-12/h2-6,13H,7-11H2,1H3,(H,18,20)/t13-,17-/m0/s1. The van der Waals surface area contributed by atoms with Gasteiger partial charge in [-0.05, 0) is 18.9 Å². The van der Waals surface area contributed by atoms with Gasteiger partial charge >= 0.3 is 5.97 Å². The van der Waals surface area contributed by atoms with E-state index in [0.717, 1.165) is 12.0 Å². The second-order valence-electron chi connectivity index (χ2n) is 6.14. The van der Waals surface area contributed by atoms with Crippen molar-refractivity contribution in [3.8, 4) is 0 Å². The first-order valence-electron chi connectivity index (χ1n) is 7.93. The van der Waals surface area contributed by atoms with Crippen LogP contribution in [0.15, 0.2) is 30.3 Å². The van der Waals surface area contributed by atoms with E-state index < -0.39 is 12.0 Å². The first-order chi connectivity index (χ1) is 11.5. The summed E-state index contributed by atoms with van der Waals surface area (Å²) in [6, 6.07) is 8.91. The summed E-state index contributed by atoms with van der Waals surface area (Å²) in [5.74, 6) is -0.352. The third-order valence-corrected chi connectivity index (χ3v) is 5.90. The van der Waals surface area contributed by atoms with Crippen molar-refractivity contribution < 1.29 is 19.1 Å². The number of ether oxygens (including phenoxy) is 1. The molecule has 0 spiro atoms. The first kappa shape index (κ1) is 16.8. The van der Waals surface area contributed by atoms with Crippen LogP contribution in [0.5, 0.6) is 0 Å². The largest absolute Gasteiger partial charge is 0.454 e. The molecule has 1 aromatic rings. The monoisotopic (exact) mass is 348 g/mol. The van der Waals surface area contributed by atoms with Crippen LogP contribution in [0.25, 0.3) is 0 Å². The van der Waals surface area contributed by atoms with E-state index in [4.69, 9.17) is 4.74 Å². The van der Waals surface area contributed by atoms with E-state index in [2.05, 4.69) is 5.32 Å². The van der Waals surface area contributed by atoms with Crippen LogP contribution in [0, 0.1) is 0 Å². The normalized spacial score (nSPS) is 25.5. The van der Waals surface area contributed by atoms with Crippen molar-refractivity contribution >= 4 is 29.5 Å². The number of esters is 1. The number of amides is 2. The molecule has 0 aliphatic carbocycles. The van der Waals surface area contributed by atoms with Crippen LogP contribution < -0.4 is 5.32 Å². The van der Waals surface area contributed by atoms with Crippen molar-refractivity contribution in [2.24, 2.45) is 0 Å². The molecular weight excluding hydrogens is 328 g/mol. The molecule has 2 aliphatic heterocycles. The molecule has 2 amide bonds. The third kappa shape index (κ3) is 3.40. The van der Waals surface area contributed by atoms with Gasteiger partial charge in [0.25, 0.3) is 5.91 Å². The molecule has 3 rings (SSSR count). The molecule has 2 atom stereocenters. The number of hydrogen-bond donors (Lipinski definition) is 1. The summed E-state index contributed by atoms with van der Waals surface area (Å²) in [6.45, 7) is 2.03. The SMILES string of the molecule is C[C@]12CCC(=O)N1[C@H](C(=O)OCC(=O)NCc1ccccc1)CS2. The van der Waals surface area contributed by atoms with Crippen molar-refractivity contribution in [3.63, 3.8) is 0 Å². The van der Waals surface area contributed by atoms with Crippen molar-refractivity contribution in [2.45, 2.75) is 37.2 Å². The van der Waals surface area contributed by atoms with E-state index >= 15 is 0 Å². The molecule has 0 aromatic heterocycles. The number of nitrogens with zero attached hydrogens (tertiary/aromatic N) is 1. The maximum Gasteiger partial charge on any atom is 0.330 e. The molecule has 24 heavy (non-hydrogen) atoms. The molecule has 2 fully saturated rings. The minimum Gasteiger partial charge on any atom is -0.454 e. The second-order valence-corrected chi connectivity index (χ2v) is 7.64. The van der Waals surface area contributed by atoms with E-state index in [1.165, 1.54) is 0 Å². The van der Waals surface area contributed by atoms with Crippen LogP contribution in [-0.2, 0) is 25.7 Å². The van der Waals surface area contributed by atoms with Gasteiger partial charge in [-0.3, -0.25) is 9.59 Å². The number of carbonyl (C=O) groups is 3. The number of fused-ring (bicyclic) bond motifs is 1. The molecule has 0 unspecified atom stereocenters. The van der Waals surface area contributed by atoms with Gasteiger partial charge in [-0.2, -0.15) is 0 Å². The summed E-state index contributed by atoms with van der Waals surface area (Å²) in [5.41, 5.74) is 0.975. The number of rotatable bonds is 5. The van der Waals surface area contributed by atoms with E-state index in [1.54, 1.807) is 16.7 Å². The highest BCUT2D eigenvalue weighted by Crippen LogP contribution is 2.47. The minimum atomic E-state index is -0.586. The summed E-state index contributed by atoms with van der Waals surface area (Å²) < 4.78 is 5.12. The molecule has 0 bridgehead atoms. The molecule has 6 nitrogen and oxygen atoms in total. The fourth-order valence-corrected chi connectivity index (χ4v) is 4.49. The third-order valence-electron chi connectivity index (χ3n) is 4.39. The van der Waals surface area contributed by atoms with E-state index in [-0.39, 0.29) is 23.3 Å². The lowest BCUT2D eigenvalue weighted by molar-refractivity contribution is -0.156. The summed E-state index contributed by atoms with van der Waals surface area (Å²) >= 11 is 1.60. The van der Waals surface area contributed by atoms with Crippen molar-refractivity contribution in [2.75, 3.05) is 12.4 Å². The molecule has 0 radical (unpaired) electrons. The average Bonchev–Trinajstić information content (AvgIpc) is 3.08. The van der Waals surface area contributed by atoms with Gasteiger partial charge in [0.05, 0.1) is 4.87 Å². The fourth-order valence-electron chi connectivity index (χ4n) is 3.08. The Hall–Kier alpha value is -2.02. The Bertz CT molecular complexity index is 651. The molecular formula is C17H20N2O4S. The Morgan fingerprint density at radius 2 is 2.12 bits per heavy atom. The summed E-state index contributed by atoms with van der Waals surface area (Å²) in [5, 5.41) is 2.71. The smallest absolute Gasteiger partial charge is 0.330 e. The van der Waals surface area contributed by atoms with Gasteiger partial charge in [-0.25, -0.2) is 4.79 Å². The number of benzene rings is 1. The topological polar surface area (TPSA) is 75.7 Å². The highest BCUT2D eigenvalue weighted by atomic mass is 32.2. The van der Waals surface area contributed by atoms with Crippen LogP contribution >= 0.6 is 11.8 Å². The predicted molar refractivity (Wildman–Crippen MR) is 90.0 cm³/mol. The maximum absolute atomic E-state index is 12.2. The zero-order chi connectivity index (χ0) is 17.2. The van der Waals surface area contributed by atoms with Crippen molar-refractivity contribution in [3.05, 3.63) is 35.9 Å². The Balaban J connectivity index is 1.47.